The molecule has 2 rings (SSSR count). The molecule has 1 aromatic heterocycles. The summed E-state index contributed by atoms with van der Waals surface area (Å²) in [7, 11) is 0. The number of hydrogen-bond acceptors (Lipinski definition) is 2. The average Bonchev–Trinajstić information content (AvgIpc) is 2.89. The molecule has 1 aliphatic carbocycles. The maximum absolute atomic E-state index is 10.7. The first-order chi connectivity index (χ1) is 6.59. The molecule has 0 amide bonds. The lowest BCUT2D eigenvalue weighted by Gasteiger charge is -2.01. The minimum Gasteiger partial charge on any atom is -0.481 e. The Hall–Kier alpha value is -1.09. The second kappa shape index (κ2) is 3.24. The van der Waals surface area contributed by atoms with E-state index in [-0.39, 0.29) is 11.8 Å². The lowest BCUT2D eigenvalue weighted by atomic mass is 10.1. The van der Waals surface area contributed by atoms with Gasteiger partial charge in [-0.1, -0.05) is 17.7 Å². The minimum absolute atomic E-state index is 0.135. The van der Waals surface area contributed by atoms with Crippen molar-refractivity contribution >= 4 is 17.6 Å². The number of aryl methyl sites for hydroxylation is 1. The van der Waals surface area contributed by atoms with Gasteiger partial charge in [0.05, 0.1) is 5.92 Å². The molecule has 0 radical (unpaired) electrons. The van der Waals surface area contributed by atoms with Crippen LogP contribution in [-0.4, -0.2) is 16.1 Å². The molecule has 0 unspecified atom stereocenters. The SMILES string of the molecule is Cc1cc([C@@H]2C[C@H]2C(=O)O)cnc1Cl. The number of halogens is 1. The van der Waals surface area contributed by atoms with Crippen LogP contribution in [-0.2, 0) is 4.79 Å². The van der Waals surface area contributed by atoms with Crippen molar-refractivity contribution in [3.8, 4) is 0 Å². The first-order valence-electron chi connectivity index (χ1n) is 4.44. The molecule has 1 N–H and O–H groups in total. The summed E-state index contributed by atoms with van der Waals surface area (Å²) >= 11 is 5.78. The summed E-state index contributed by atoms with van der Waals surface area (Å²) in [4.78, 5) is 14.7. The van der Waals surface area contributed by atoms with Gasteiger partial charge in [-0.25, -0.2) is 4.98 Å². The number of nitrogens with zero attached hydrogens (tertiary/aromatic N) is 1. The molecular formula is C10H10ClNO2. The number of pyridine rings is 1. The summed E-state index contributed by atoms with van der Waals surface area (Å²) in [5.41, 5.74) is 1.89. The summed E-state index contributed by atoms with van der Waals surface area (Å²) in [6.07, 6.45) is 2.39. The van der Waals surface area contributed by atoms with Crippen molar-refractivity contribution < 1.29 is 9.90 Å². The van der Waals surface area contributed by atoms with Crippen LogP contribution >= 0.6 is 11.6 Å². The van der Waals surface area contributed by atoms with E-state index in [2.05, 4.69) is 4.98 Å². The fourth-order valence-electron chi connectivity index (χ4n) is 1.62. The van der Waals surface area contributed by atoms with E-state index < -0.39 is 5.97 Å². The molecule has 1 aromatic rings. The van der Waals surface area contributed by atoms with E-state index in [1.807, 2.05) is 13.0 Å². The molecule has 2 atom stereocenters. The van der Waals surface area contributed by atoms with Gasteiger partial charge in [0.15, 0.2) is 0 Å². The van der Waals surface area contributed by atoms with Gasteiger partial charge in [0.25, 0.3) is 0 Å². The predicted molar refractivity (Wildman–Crippen MR) is 52.5 cm³/mol. The molecule has 14 heavy (non-hydrogen) atoms. The third-order valence-corrected chi connectivity index (χ3v) is 2.97. The van der Waals surface area contributed by atoms with E-state index in [1.54, 1.807) is 6.20 Å². The Kier molecular flexibility index (Phi) is 2.19. The number of rotatable bonds is 2. The number of carboxylic acids is 1. The Bertz CT molecular complexity index is 392. The highest BCUT2D eigenvalue weighted by atomic mass is 35.5. The molecule has 4 heteroatoms. The Morgan fingerprint density at radius 1 is 1.71 bits per heavy atom. The van der Waals surface area contributed by atoms with Crippen LogP contribution in [0.3, 0.4) is 0 Å². The van der Waals surface area contributed by atoms with E-state index in [9.17, 15) is 4.79 Å². The summed E-state index contributed by atoms with van der Waals surface area (Å²) < 4.78 is 0. The molecule has 1 fully saturated rings. The molecular weight excluding hydrogens is 202 g/mol. The van der Waals surface area contributed by atoms with Crippen molar-refractivity contribution in [2.24, 2.45) is 5.92 Å². The van der Waals surface area contributed by atoms with Crippen LogP contribution in [0.4, 0.5) is 0 Å². The zero-order valence-corrected chi connectivity index (χ0v) is 8.45. The Morgan fingerprint density at radius 2 is 2.43 bits per heavy atom. The number of aromatic nitrogens is 1. The molecule has 0 aliphatic heterocycles. The van der Waals surface area contributed by atoms with Crippen LogP contribution in [0.15, 0.2) is 12.3 Å². The Labute approximate surface area is 86.7 Å². The van der Waals surface area contributed by atoms with Gasteiger partial charge >= 0.3 is 5.97 Å². The minimum atomic E-state index is -0.720. The van der Waals surface area contributed by atoms with Crippen molar-refractivity contribution in [2.45, 2.75) is 19.3 Å². The van der Waals surface area contributed by atoms with Crippen LogP contribution in [0, 0.1) is 12.8 Å². The zero-order chi connectivity index (χ0) is 10.3. The number of hydrogen-bond donors (Lipinski definition) is 1. The second-order valence-corrected chi connectivity index (χ2v) is 4.02. The topological polar surface area (TPSA) is 50.2 Å². The average molecular weight is 212 g/mol. The highest BCUT2D eigenvalue weighted by Crippen LogP contribution is 2.47. The van der Waals surface area contributed by atoms with Gasteiger partial charge in [0.2, 0.25) is 0 Å². The first-order valence-corrected chi connectivity index (χ1v) is 4.82. The Morgan fingerprint density at radius 3 is 2.93 bits per heavy atom. The zero-order valence-electron chi connectivity index (χ0n) is 7.70. The third-order valence-electron chi connectivity index (χ3n) is 2.57. The van der Waals surface area contributed by atoms with E-state index in [0.29, 0.717) is 5.15 Å². The molecule has 0 spiro atoms. The molecule has 1 heterocycles. The summed E-state index contributed by atoms with van der Waals surface area (Å²) in [6, 6.07) is 1.92. The quantitative estimate of drug-likeness (QED) is 0.764. The molecule has 0 bridgehead atoms. The molecule has 1 aliphatic rings. The van der Waals surface area contributed by atoms with Crippen LogP contribution in [0.1, 0.15) is 23.5 Å². The number of carbonyl (C=O) groups is 1. The van der Waals surface area contributed by atoms with Crippen LogP contribution in [0.5, 0.6) is 0 Å². The van der Waals surface area contributed by atoms with Crippen molar-refractivity contribution in [3.05, 3.63) is 28.5 Å². The van der Waals surface area contributed by atoms with Crippen LogP contribution in [0.2, 0.25) is 5.15 Å². The maximum atomic E-state index is 10.7. The normalized spacial score (nSPS) is 24.7. The molecule has 3 nitrogen and oxygen atoms in total. The number of carboxylic acid groups (broad SMARTS) is 1. The summed E-state index contributed by atoms with van der Waals surface area (Å²) in [6.45, 7) is 1.87. The van der Waals surface area contributed by atoms with Gasteiger partial charge in [0, 0.05) is 6.20 Å². The van der Waals surface area contributed by atoms with Gasteiger partial charge in [0.1, 0.15) is 5.15 Å². The fraction of sp³-hybridized carbons (Fsp3) is 0.400. The van der Waals surface area contributed by atoms with E-state index in [0.717, 1.165) is 17.5 Å². The van der Waals surface area contributed by atoms with Crippen molar-refractivity contribution in [1.29, 1.82) is 0 Å². The van der Waals surface area contributed by atoms with Crippen LogP contribution < -0.4 is 0 Å². The third kappa shape index (κ3) is 1.60. The largest absolute Gasteiger partial charge is 0.481 e. The lowest BCUT2D eigenvalue weighted by Crippen LogP contribution is -1.99. The van der Waals surface area contributed by atoms with Gasteiger partial charge in [-0.3, -0.25) is 4.79 Å². The van der Waals surface area contributed by atoms with Crippen LogP contribution in [0.25, 0.3) is 0 Å². The van der Waals surface area contributed by atoms with Gasteiger partial charge < -0.3 is 5.11 Å². The van der Waals surface area contributed by atoms with E-state index in [4.69, 9.17) is 16.7 Å². The highest BCUT2D eigenvalue weighted by Gasteiger charge is 2.44. The Balaban J connectivity index is 2.20. The van der Waals surface area contributed by atoms with Gasteiger partial charge in [-0.2, -0.15) is 0 Å². The molecule has 0 aromatic carbocycles. The van der Waals surface area contributed by atoms with Crippen molar-refractivity contribution in [3.63, 3.8) is 0 Å². The smallest absolute Gasteiger partial charge is 0.307 e. The molecule has 0 saturated heterocycles. The lowest BCUT2D eigenvalue weighted by molar-refractivity contribution is -0.138. The van der Waals surface area contributed by atoms with Gasteiger partial charge in [-0.05, 0) is 30.4 Å². The van der Waals surface area contributed by atoms with E-state index in [1.165, 1.54) is 0 Å². The monoisotopic (exact) mass is 211 g/mol. The maximum Gasteiger partial charge on any atom is 0.307 e. The predicted octanol–water partition coefficient (Wildman–Crippen LogP) is 2.23. The number of aliphatic carboxylic acids is 1. The summed E-state index contributed by atoms with van der Waals surface area (Å²) in [5.74, 6) is -0.809. The van der Waals surface area contributed by atoms with Crippen molar-refractivity contribution in [2.75, 3.05) is 0 Å². The molecule has 1 saturated carbocycles. The fourth-order valence-corrected chi connectivity index (χ4v) is 1.72. The van der Waals surface area contributed by atoms with E-state index >= 15 is 0 Å². The first kappa shape index (κ1) is 9.46. The highest BCUT2D eigenvalue weighted by molar-refractivity contribution is 6.30. The summed E-state index contributed by atoms with van der Waals surface area (Å²) in [5, 5.41) is 9.25. The molecule has 74 valence electrons. The van der Waals surface area contributed by atoms with Crippen molar-refractivity contribution in [1.82, 2.24) is 4.98 Å². The second-order valence-electron chi connectivity index (χ2n) is 3.66. The standard InChI is InChI=1S/C10H10ClNO2/c1-5-2-6(4-12-9(5)11)7-3-8(7)10(13)14/h2,4,7-8H,3H2,1H3,(H,13,14)/t7-,8+/m0/s1. The van der Waals surface area contributed by atoms with Gasteiger partial charge in [-0.15, -0.1) is 0 Å².